The van der Waals surface area contributed by atoms with Gasteiger partial charge in [0, 0.05) is 22.5 Å². The summed E-state index contributed by atoms with van der Waals surface area (Å²) in [5.41, 5.74) is 17.2. The van der Waals surface area contributed by atoms with Crippen molar-refractivity contribution in [1.82, 2.24) is 5.48 Å². The highest BCUT2D eigenvalue weighted by Gasteiger charge is 2.45. The third-order valence-corrected chi connectivity index (χ3v) is 5.61. The smallest absolute Gasteiger partial charge is 0.309 e. The van der Waals surface area contributed by atoms with E-state index in [1.807, 2.05) is 36.4 Å². The molecule has 178 valence electrons. The minimum absolute atomic E-state index is 0.0904. The number of hydrogen-bond donors (Lipinski definition) is 5. The van der Waals surface area contributed by atoms with Crippen molar-refractivity contribution in [2.24, 2.45) is 5.73 Å². The highest BCUT2D eigenvalue weighted by molar-refractivity contribution is 6.03. The van der Waals surface area contributed by atoms with E-state index in [4.69, 9.17) is 26.5 Å². The molecular formula is C26H25N5O4. The molecule has 9 heteroatoms. The van der Waals surface area contributed by atoms with Crippen LogP contribution in [0.3, 0.4) is 0 Å². The quantitative estimate of drug-likeness (QED) is 0.154. The largest absolute Gasteiger partial charge is 0.469 e. The van der Waals surface area contributed by atoms with Gasteiger partial charge in [-0.1, -0.05) is 42.5 Å². The van der Waals surface area contributed by atoms with Gasteiger partial charge in [-0.2, -0.15) is 0 Å². The predicted molar refractivity (Wildman–Crippen MR) is 134 cm³/mol. The van der Waals surface area contributed by atoms with Gasteiger partial charge in [0.15, 0.2) is 0 Å². The van der Waals surface area contributed by atoms with Gasteiger partial charge in [0.2, 0.25) is 5.60 Å². The normalized spacial score (nSPS) is 16.7. The van der Waals surface area contributed by atoms with Crippen molar-refractivity contribution in [1.29, 1.82) is 5.41 Å². The van der Waals surface area contributed by atoms with E-state index in [9.17, 15) is 9.59 Å². The van der Waals surface area contributed by atoms with Crippen molar-refractivity contribution in [3.63, 3.8) is 0 Å². The third kappa shape index (κ3) is 5.15. The molecule has 9 nitrogen and oxygen atoms in total. The topological polar surface area (TPSA) is 153 Å². The summed E-state index contributed by atoms with van der Waals surface area (Å²) >= 11 is 0. The van der Waals surface area contributed by atoms with E-state index in [1.54, 1.807) is 36.4 Å². The zero-order chi connectivity index (χ0) is 25.0. The molecule has 0 aliphatic carbocycles. The maximum absolute atomic E-state index is 13.3. The van der Waals surface area contributed by atoms with Crippen molar-refractivity contribution in [2.45, 2.75) is 12.0 Å². The summed E-state index contributed by atoms with van der Waals surface area (Å²) in [4.78, 5) is 31.2. The Balaban J connectivity index is 1.59. The standard InChI is InChI=1S/C26H25N5O4/c1-34-23(32)15-26(14-22(31-35-26)18-3-2-4-19(13-18)24(28)29)25(33)30-21-11-7-17(8-12-21)16-5-9-20(27)10-6-16/h2-14,31H,15,27H2,1H3,(H3,28,29)(H,30,33). The van der Waals surface area contributed by atoms with Gasteiger partial charge in [0.05, 0.1) is 19.2 Å². The van der Waals surface area contributed by atoms with Crippen molar-refractivity contribution in [3.8, 4) is 11.1 Å². The summed E-state index contributed by atoms with van der Waals surface area (Å²) in [6.45, 7) is 0. The summed E-state index contributed by atoms with van der Waals surface area (Å²) in [5, 5.41) is 10.5. The number of esters is 1. The van der Waals surface area contributed by atoms with E-state index in [2.05, 4.69) is 10.8 Å². The minimum atomic E-state index is -1.65. The highest BCUT2D eigenvalue weighted by atomic mass is 16.7. The number of rotatable bonds is 7. The van der Waals surface area contributed by atoms with Crippen LogP contribution in [0.4, 0.5) is 11.4 Å². The van der Waals surface area contributed by atoms with Crippen LogP contribution < -0.4 is 22.3 Å². The fourth-order valence-corrected chi connectivity index (χ4v) is 3.66. The van der Waals surface area contributed by atoms with Crippen LogP contribution in [-0.4, -0.2) is 30.4 Å². The lowest BCUT2D eigenvalue weighted by molar-refractivity contribution is -0.154. The molecule has 4 rings (SSSR count). The zero-order valence-electron chi connectivity index (χ0n) is 19.0. The molecule has 1 amide bonds. The van der Waals surface area contributed by atoms with E-state index in [0.717, 1.165) is 11.1 Å². The molecule has 3 aromatic carbocycles. The number of carbonyl (C=O) groups is 2. The fraction of sp³-hybridized carbons (Fsp3) is 0.115. The Kier molecular flexibility index (Phi) is 6.52. The monoisotopic (exact) mass is 471 g/mol. The SMILES string of the molecule is COC(=O)CC1(C(=O)Nc2ccc(-c3ccc(N)cc3)cc2)C=C(c2cccc(C(=N)N)c2)NO1. The number of hydrogen-bond acceptors (Lipinski definition) is 7. The molecule has 1 aliphatic rings. The number of amides is 1. The molecule has 0 saturated carbocycles. The van der Waals surface area contributed by atoms with Gasteiger partial charge < -0.3 is 21.5 Å². The second kappa shape index (κ2) is 9.70. The average Bonchev–Trinajstić information content (AvgIpc) is 3.30. The first-order valence-electron chi connectivity index (χ1n) is 10.8. The molecule has 3 aromatic rings. The van der Waals surface area contributed by atoms with E-state index < -0.39 is 17.5 Å². The third-order valence-electron chi connectivity index (χ3n) is 5.61. The molecule has 7 N–H and O–H groups in total. The molecule has 0 bridgehead atoms. The van der Waals surface area contributed by atoms with Crippen molar-refractivity contribution in [2.75, 3.05) is 18.2 Å². The Morgan fingerprint density at radius 1 is 1.03 bits per heavy atom. The molecule has 0 saturated heterocycles. The van der Waals surface area contributed by atoms with E-state index in [0.29, 0.717) is 28.2 Å². The van der Waals surface area contributed by atoms with Gasteiger partial charge >= 0.3 is 5.97 Å². The average molecular weight is 472 g/mol. The number of amidine groups is 1. The van der Waals surface area contributed by atoms with Gasteiger partial charge in [0.1, 0.15) is 5.84 Å². The predicted octanol–water partition coefficient (Wildman–Crippen LogP) is 3.04. The molecule has 1 atom stereocenters. The van der Waals surface area contributed by atoms with Crippen LogP contribution in [-0.2, 0) is 19.2 Å². The maximum Gasteiger partial charge on any atom is 0.309 e. The molecule has 0 radical (unpaired) electrons. The van der Waals surface area contributed by atoms with Gasteiger partial charge in [-0.3, -0.25) is 25.3 Å². The first-order valence-corrected chi connectivity index (χ1v) is 10.8. The fourth-order valence-electron chi connectivity index (χ4n) is 3.66. The van der Waals surface area contributed by atoms with Crippen LogP contribution >= 0.6 is 0 Å². The number of methoxy groups -OCH3 is 1. The summed E-state index contributed by atoms with van der Waals surface area (Å²) in [6.07, 6.45) is 1.18. The highest BCUT2D eigenvalue weighted by Crippen LogP contribution is 2.31. The Bertz CT molecular complexity index is 1300. The zero-order valence-corrected chi connectivity index (χ0v) is 19.0. The number of nitrogens with one attached hydrogen (secondary N) is 3. The van der Waals surface area contributed by atoms with Crippen LogP contribution in [0.1, 0.15) is 17.5 Å². The number of nitrogens with two attached hydrogens (primary N) is 2. The summed E-state index contributed by atoms with van der Waals surface area (Å²) < 4.78 is 4.79. The van der Waals surface area contributed by atoms with Gasteiger partial charge in [-0.15, -0.1) is 0 Å². The number of ether oxygens (including phenoxy) is 1. The van der Waals surface area contributed by atoms with Crippen molar-refractivity contribution >= 4 is 34.8 Å². The van der Waals surface area contributed by atoms with Crippen LogP contribution in [0.5, 0.6) is 0 Å². The molecule has 1 unspecified atom stereocenters. The number of benzene rings is 3. The molecule has 0 aromatic heterocycles. The summed E-state index contributed by atoms with van der Waals surface area (Å²) in [5.74, 6) is -1.25. The van der Waals surface area contributed by atoms with Crippen LogP contribution in [0.2, 0.25) is 0 Å². The molecule has 0 spiro atoms. The van der Waals surface area contributed by atoms with Crippen LogP contribution in [0.15, 0.2) is 78.9 Å². The van der Waals surface area contributed by atoms with E-state index in [1.165, 1.54) is 13.2 Å². The lowest BCUT2D eigenvalue weighted by atomic mass is 9.95. The molecular weight excluding hydrogens is 446 g/mol. The van der Waals surface area contributed by atoms with Crippen molar-refractivity contribution < 1.29 is 19.2 Å². The van der Waals surface area contributed by atoms with E-state index >= 15 is 0 Å². The molecule has 0 fully saturated rings. The first kappa shape index (κ1) is 23.5. The van der Waals surface area contributed by atoms with E-state index in [-0.39, 0.29) is 12.3 Å². The summed E-state index contributed by atoms with van der Waals surface area (Å²) in [6, 6.07) is 21.6. The van der Waals surface area contributed by atoms with Crippen molar-refractivity contribution in [3.05, 3.63) is 90.0 Å². The molecule has 1 aliphatic heterocycles. The Morgan fingerprint density at radius 2 is 1.69 bits per heavy atom. The van der Waals surface area contributed by atoms with Crippen LogP contribution in [0.25, 0.3) is 16.8 Å². The Labute approximate surface area is 202 Å². The lowest BCUT2D eigenvalue weighted by Gasteiger charge is -2.23. The number of hydroxylamine groups is 1. The Hall–Kier alpha value is -4.63. The minimum Gasteiger partial charge on any atom is -0.469 e. The lowest BCUT2D eigenvalue weighted by Crippen LogP contribution is -2.45. The van der Waals surface area contributed by atoms with Gasteiger partial charge in [0.25, 0.3) is 5.91 Å². The molecule has 35 heavy (non-hydrogen) atoms. The summed E-state index contributed by atoms with van der Waals surface area (Å²) in [7, 11) is 1.24. The molecule has 1 heterocycles. The number of anilines is 2. The van der Waals surface area contributed by atoms with Gasteiger partial charge in [-0.25, -0.2) is 0 Å². The number of carbonyl (C=O) groups excluding carboxylic acids is 2. The number of nitrogen functional groups attached to an aromatic ring is 2. The maximum atomic E-state index is 13.3. The first-order chi connectivity index (χ1) is 16.8. The van der Waals surface area contributed by atoms with Gasteiger partial charge in [-0.05, 0) is 47.5 Å². The second-order valence-corrected chi connectivity index (χ2v) is 8.05. The van der Waals surface area contributed by atoms with Crippen LogP contribution in [0, 0.1) is 5.41 Å². The second-order valence-electron chi connectivity index (χ2n) is 8.05. The Morgan fingerprint density at radius 3 is 2.31 bits per heavy atom.